The molecule has 0 aromatic heterocycles. The van der Waals surface area contributed by atoms with Crippen LogP contribution in [0.15, 0.2) is 47.5 Å². The number of esters is 2. The fraction of sp³-hybridized carbons (Fsp3) is 0.487. The average molecular weight is 735 g/mol. The van der Waals surface area contributed by atoms with Crippen molar-refractivity contribution in [3.63, 3.8) is 0 Å². The van der Waals surface area contributed by atoms with Crippen LogP contribution in [0.1, 0.15) is 38.8 Å². The van der Waals surface area contributed by atoms with E-state index in [1.165, 1.54) is 40.6 Å². The molecule has 14 heteroatoms. The van der Waals surface area contributed by atoms with E-state index in [0.29, 0.717) is 34.1 Å². The smallest absolute Gasteiger partial charge is 0.348 e. The summed E-state index contributed by atoms with van der Waals surface area (Å²) in [5.41, 5.74) is -1.34. The first-order valence-electron chi connectivity index (χ1n) is 16.7. The van der Waals surface area contributed by atoms with Crippen LogP contribution in [0.3, 0.4) is 0 Å². The lowest BCUT2D eigenvalue weighted by Crippen LogP contribution is -2.57. The fourth-order valence-corrected chi connectivity index (χ4v) is 5.55. The maximum absolute atomic E-state index is 12.9. The fourth-order valence-electron chi connectivity index (χ4n) is 5.55. The summed E-state index contributed by atoms with van der Waals surface area (Å²) in [6.45, 7) is 8.21. The third kappa shape index (κ3) is 10.1. The second kappa shape index (κ2) is 17.6. The van der Waals surface area contributed by atoms with Crippen molar-refractivity contribution in [1.29, 1.82) is 10.5 Å². The van der Waals surface area contributed by atoms with E-state index in [1.54, 1.807) is 36.4 Å². The molecule has 0 atom stereocenters. The summed E-state index contributed by atoms with van der Waals surface area (Å²) in [4.78, 5) is 25.7. The van der Waals surface area contributed by atoms with Crippen LogP contribution in [0.25, 0.3) is 12.2 Å². The molecule has 0 amide bonds. The Morgan fingerprint density at radius 1 is 0.660 bits per heavy atom. The molecular formula is C39H46N2O12. The molecule has 2 aliphatic rings. The van der Waals surface area contributed by atoms with Crippen LogP contribution in [0, 0.1) is 38.9 Å². The molecule has 0 aliphatic carbocycles. The Bertz CT molecular complexity index is 1640. The molecule has 284 valence electrons. The maximum Gasteiger partial charge on any atom is 0.348 e. The molecular weight excluding hydrogens is 688 g/mol. The van der Waals surface area contributed by atoms with E-state index in [1.807, 2.05) is 39.8 Å². The highest BCUT2D eigenvalue weighted by molar-refractivity contribution is 5.98. The minimum atomic E-state index is -0.783. The van der Waals surface area contributed by atoms with Crippen molar-refractivity contribution in [2.75, 3.05) is 68.1 Å². The molecule has 1 spiro atoms. The molecule has 0 saturated carbocycles. The maximum atomic E-state index is 12.9. The van der Waals surface area contributed by atoms with Gasteiger partial charge in [-0.05, 0) is 47.5 Å². The standard InChI is InChI=1S/C39H46N2O12/c1-37(2,19-48-33(42)27(17-40)13-25-9-11-29(44-5)31(15-25)46-7)35-50-21-39(22-51-35)23-52-36(53-24-39)38(3,4)20-49-34(43)28(18-41)14-26-10-12-30(45-6)32(16-26)47-8/h9-16,35-36H,19-24H2,1-8H3. The minimum absolute atomic E-state index is 0.0760. The molecule has 4 rings (SSSR count). The lowest BCUT2D eigenvalue weighted by atomic mass is 9.86. The molecule has 2 aromatic carbocycles. The molecule has 53 heavy (non-hydrogen) atoms. The van der Waals surface area contributed by atoms with Gasteiger partial charge in [0.1, 0.15) is 36.5 Å². The number of ether oxygens (including phenoxy) is 10. The molecule has 2 aliphatic heterocycles. The zero-order chi connectivity index (χ0) is 38.8. The number of methoxy groups -OCH3 is 4. The zero-order valence-corrected chi connectivity index (χ0v) is 31.3. The van der Waals surface area contributed by atoms with E-state index in [-0.39, 0.29) is 50.8 Å². The van der Waals surface area contributed by atoms with Crippen LogP contribution < -0.4 is 18.9 Å². The van der Waals surface area contributed by atoms with Crippen molar-refractivity contribution < 1.29 is 57.0 Å². The van der Waals surface area contributed by atoms with Crippen LogP contribution in [-0.4, -0.2) is 92.6 Å². The van der Waals surface area contributed by atoms with Gasteiger partial charge >= 0.3 is 11.9 Å². The Kier molecular flexibility index (Phi) is 13.5. The lowest BCUT2D eigenvalue weighted by molar-refractivity contribution is -0.337. The molecule has 2 aromatic rings. The largest absolute Gasteiger partial charge is 0.493 e. The van der Waals surface area contributed by atoms with Gasteiger partial charge in [-0.3, -0.25) is 0 Å². The van der Waals surface area contributed by atoms with Gasteiger partial charge in [0.2, 0.25) is 0 Å². The van der Waals surface area contributed by atoms with E-state index in [2.05, 4.69) is 0 Å². The Balaban J connectivity index is 1.26. The normalized spacial score (nSPS) is 20.8. The predicted octanol–water partition coefficient (Wildman–Crippen LogP) is 5.11. The van der Waals surface area contributed by atoms with E-state index in [9.17, 15) is 20.1 Å². The second-order valence-electron chi connectivity index (χ2n) is 14.1. The molecule has 0 unspecified atom stereocenters. The highest BCUT2D eigenvalue weighted by atomic mass is 16.7. The molecule has 2 heterocycles. The summed E-state index contributed by atoms with van der Waals surface area (Å²) in [5.74, 6) is 0.381. The van der Waals surface area contributed by atoms with Crippen LogP contribution in [0.5, 0.6) is 23.0 Å². The Morgan fingerprint density at radius 3 is 1.30 bits per heavy atom. The van der Waals surface area contributed by atoms with Crippen LogP contribution in [0.2, 0.25) is 0 Å². The molecule has 0 bridgehead atoms. The van der Waals surface area contributed by atoms with Gasteiger partial charge in [-0.2, -0.15) is 10.5 Å². The number of nitrogens with zero attached hydrogens (tertiary/aromatic N) is 2. The Morgan fingerprint density at radius 2 is 1.00 bits per heavy atom. The average Bonchev–Trinajstić information content (AvgIpc) is 3.17. The first-order chi connectivity index (χ1) is 25.2. The minimum Gasteiger partial charge on any atom is -0.493 e. The number of carbonyl (C=O) groups excluding carboxylic acids is 2. The Hall–Kier alpha value is -5.12. The SMILES string of the molecule is COc1ccc(C=C(C#N)C(=O)OCC(C)(C)C2OCC3(CO2)COC(C(C)(C)COC(=O)C(C#N)=Cc2ccc(OC)c(OC)c2)OC3)cc1OC. The monoisotopic (exact) mass is 734 g/mol. The van der Waals surface area contributed by atoms with E-state index < -0.39 is 40.8 Å². The number of nitriles is 2. The Labute approximate surface area is 309 Å². The van der Waals surface area contributed by atoms with Gasteiger partial charge in [-0.15, -0.1) is 0 Å². The topological polar surface area (TPSA) is 174 Å². The zero-order valence-electron chi connectivity index (χ0n) is 31.3. The molecule has 2 fully saturated rings. The molecule has 14 nitrogen and oxygen atoms in total. The van der Waals surface area contributed by atoms with E-state index >= 15 is 0 Å². The summed E-state index contributed by atoms with van der Waals surface area (Å²) in [7, 11) is 6.02. The molecule has 2 saturated heterocycles. The quantitative estimate of drug-likeness (QED) is 0.142. The van der Waals surface area contributed by atoms with Crippen molar-refractivity contribution in [3.05, 3.63) is 58.7 Å². The summed E-state index contributed by atoms with van der Waals surface area (Å²) in [6, 6.07) is 13.8. The van der Waals surface area contributed by atoms with Crippen molar-refractivity contribution in [1.82, 2.24) is 0 Å². The van der Waals surface area contributed by atoms with Gasteiger partial charge in [-0.1, -0.05) is 39.8 Å². The van der Waals surface area contributed by atoms with Gasteiger partial charge in [0.15, 0.2) is 35.6 Å². The predicted molar refractivity (Wildman–Crippen MR) is 190 cm³/mol. The van der Waals surface area contributed by atoms with Crippen molar-refractivity contribution in [3.8, 4) is 35.1 Å². The number of benzene rings is 2. The third-order valence-electron chi connectivity index (χ3n) is 8.71. The van der Waals surface area contributed by atoms with E-state index in [4.69, 9.17) is 47.4 Å². The third-order valence-corrected chi connectivity index (χ3v) is 8.71. The van der Waals surface area contributed by atoms with Gasteiger partial charge < -0.3 is 47.4 Å². The van der Waals surface area contributed by atoms with Crippen LogP contribution in [0.4, 0.5) is 0 Å². The number of rotatable bonds is 14. The van der Waals surface area contributed by atoms with Gasteiger partial charge in [0.25, 0.3) is 0 Å². The van der Waals surface area contributed by atoms with E-state index in [0.717, 1.165) is 0 Å². The van der Waals surface area contributed by atoms with Crippen molar-refractivity contribution >= 4 is 24.1 Å². The number of hydrogen-bond acceptors (Lipinski definition) is 14. The molecule has 0 N–H and O–H groups in total. The lowest BCUT2D eigenvalue weighted by Gasteiger charge is -2.48. The summed E-state index contributed by atoms with van der Waals surface area (Å²) in [6.07, 6.45) is 1.41. The summed E-state index contributed by atoms with van der Waals surface area (Å²) >= 11 is 0. The first-order valence-corrected chi connectivity index (χ1v) is 16.7. The summed E-state index contributed by atoms with van der Waals surface area (Å²) < 4.78 is 56.6. The van der Waals surface area contributed by atoms with Gasteiger partial charge in [0.05, 0.1) is 60.3 Å². The highest BCUT2D eigenvalue weighted by Gasteiger charge is 2.48. The van der Waals surface area contributed by atoms with Crippen LogP contribution >= 0.6 is 0 Å². The van der Waals surface area contributed by atoms with Crippen molar-refractivity contribution in [2.24, 2.45) is 16.2 Å². The van der Waals surface area contributed by atoms with Crippen LogP contribution in [-0.2, 0) is 38.0 Å². The van der Waals surface area contributed by atoms with Crippen molar-refractivity contribution in [2.45, 2.75) is 40.3 Å². The van der Waals surface area contributed by atoms with Gasteiger partial charge in [0, 0.05) is 10.8 Å². The second-order valence-corrected chi connectivity index (χ2v) is 14.1. The number of hydrogen-bond donors (Lipinski definition) is 0. The molecule has 0 radical (unpaired) electrons. The summed E-state index contributed by atoms with van der Waals surface area (Å²) in [5, 5.41) is 19.3. The van der Waals surface area contributed by atoms with Gasteiger partial charge in [-0.25, -0.2) is 9.59 Å². The number of carbonyl (C=O) groups is 2. The highest BCUT2D eigenvalue weighted by Crippen LogP contribution is 2.39. The first kappa shape index (κ1) is 40.6.